The SMILES string of the molecule is CCC(CO)(CO)NCc1nc2ccccc2c(=O)[nH]1. The number of fused-ring (bicyclic) bond motifs is 1. The third-order valence-electron chi connectivity index (χ3n) is 3.57. The standard InChI is InChI=1S/C14H19N3O3/c1-2-14(8-18,9-19)15-7-12-16-11-6-4-3-5-10(11)13(20)17-12/h3-6,15,18-19H,2,7-9H2,1H3,(H,16,17,20). The Kier molecular flexibility index (Phi) is 4.49. The van der Waals surface area contributed by atoms with Crippen LogP contribution in [0.4, 0.5) is 0 Å². The van der Waals surface area contributed by atoms with E-state index in [0.29, 0.717) is 23.1 Å². The largest absolute Gasteiger partial charge is 0.394 e. The fraction of sp³-hybridized carbons (Fsp3) is 0.429. The number of aliphatic hydroxyl groups is 2. The highest BCUT2D eigenvalue weighted by molar-refractivity contribution is 5.77. The van der Waals surface area contributed by atoms with Crippen molar-refractivity contribution in [3.8, 4) is 0 Å². The van der Waals surface area contributed by atoms with E-state index in [1.165, 1.54) is 0 Å². The second kappa shape index (κ2) is 6.13. The summed E-state index contributed by atoms with van der Waals surface area (Å²) in [5.41, 5.74) is -0.324. The number of aliphatic hydroxyl groups excluding tert-OH is 2. The number of aromatic amines is 1. The highest BCUT2D eigenvalue weighted by Crippen LogP contribution is 2.10. The molecule has 0 amide bonds. The van der Waals surface area contributed by atoms with Gasteiger partial charge in [0.1, 0.15) is 5.82 Å². The van der Waals surface area contributed by atoms with Crippen LogP contribution in [-0.4, -0.2) is 38.9 Å². The third-order valence-corrected chi connectivity index (χ3v) is 3.57. The molecular weight excluding hydrogens is 258 g/mol. The molecule has 6 nitrogen and oxygen atoms in total. The maximum Gasteiger partial charge on any atom is 0.258 e. The molecule has 1 aromatic heterocycles. The first-order valence-electron chi connectivity index (χ1n) is 6.59. The molecule has 20 heavy (non-hydrogen) atoms. The van der Waals surface area contributed by atoms with Crippen molar-refractivity contribution in [2.75, 3.05) is 13.2 Å². The quantitative estimate of drug-likeness (QED) is 0.602. The van der Waals surface area contributed by atoms with E-state index in [1.807, 2.05) is 13.0 Å². The van der Waals surface area contributed by atoms with E-state index in [0.717, 1.165) is 0 Å². The van der Waals surface area contributed by atoms with E-state index >= 15 is 0 Å². The molecule has 2 aromatic rings. The molecule has 0 unspecified atom stereocenters. The molecule has 0 saturated heterocycles. The van der Waals surface area contributed by atoms with Crippen LogP contribution in [0.3, 0.4) is 0 Å². The molecule has 0 fully saturated rings. The Balaban J connectivity index is 2.24. The van der Waals surface area contributed by atoms with Crippen LogP contribution in [0.25, 0.3) is 10.9 Å². The monoisotopic (exact) mass is 277 g/mol. The molecule has 1 aromatic carbocycles. The van der Waals surface area contributed by atoms with Crippen LogP contribution in [0.2, 0.25) is 0 Å². The van der Waals surface area contributed by atoms with Gasteiger partial charge in [-0.05, 0) is 18.6 Å². The van der Waals surface area contributed by atoms with Crippen LogP contribution in [-0.2, 0) is 6.54 Å². The summed E-state index contributed by atoms with van der Waals surface area (Å²) >= 11 is 0. The highest BCUT2D eigenvalue weighted by atomic mass is 16.3. The van der Waals surface area contributed by atoms with Crippen LogP contribution in [0, 0.1) is 0 Å². The summed E-state index contributed by atoms with van der Waals surface area (Å²) in [6, 6.07) is 7.11. The van der Waals surface area contributed by atoms with E-state index in [2.05, 4.69) is 15.3 Å². The summed E-state index contributed by atoms with van der Waals surface area (Å²) in [5.74, 6) is 0.480. The molecule has 0 aliphatic rings. The second-order valence-corrected chi connectivity index (χ2v) is 4.83. The van der Waals surface area contributed by atoms with Gasteiger partial charge in [-0.25, -0.2) is 4.98 Å². The topological polar surface area (TPSA) is 98.2 Å². The van der Waals surface area contributed by atoms with Crippen molar-refractivity contribution in [1.82, 2.24) is 15.3 Å². The Morgan fingerprint density at radius 2 is 2.00 bits per heavy atom. The Hall–Kier alpha value is -1.76. The van der Waals surface area contributed by atoms with Gasteiger partial charge in [-0.3, -0.25) is 4.79 Å². The van der Waals surface area contributed by atoms with Gasteiger partial charge in [0.2, 0.25) is 0 Å². The Labute approximate surface area is 116 Å². The Morgan fingerprint density at radius 1 is 1.30 bits per heavy atom. The normalized spacial score (nSPS) is 11.9. The van der Waals surface area contributed by atoms with Crippen molar-refractivity contribution in [3.63, 3.8) is 0 Å². The Bertz CT molecular complexity index is 627. The first kappa shape index (κ1) is 14.6. The van der Waals surface area contributed by atoms with Crippen molar-refractivity contribution >= 4 is 10.9 Å². The molecule has 2 rings (SSSR count). The maximum atomic E-state index is 11.9. The number of nitrogens with one attached hydrogen (secondary N) is 2. The van der Waals surface area contributed by atoms with Crippen molar-refractivity contribution < 1.29 is 10.2 Å². The number of benzene rings is 1. The summed E-state index contributed by atoms with van der Waals surface area (Å²) in [6.07, 6.45) is 0.567. The predicted octanol–water partition coefficient (Wildman–Crippen LogP) is 0.146. The number of hydrogen-bond donors (Lipinski definition) is 4. The molecule has 6 heteroatoms. The first-order chi connectivity index (χ1) is 9.64. The predicted molar refractivity (Wildman–Crippen MR) is 76.4 cm³/mol. The van der Waals surface area contributed by atoms with Crippen LogP contribution in [0.5, 0.6) is 0 Å². The lowest BCUT2D eigenvalue weighted by molar-refractivity contribution is 0.0858. The average molecular weight is 277 g/mol. The molecule has 108 valence electrons. The zero-order chi connectivity index (χ0) is 14.6. The molecule has 4 N–H and O–H groups in total. The molecule has 0 saturated carbocycles. The number of aromatic nitrogens is 2. The van der Waals surface area contributed by atoms with E-state index in [-0.39, 0.29) is 25.3 Å². The summed E-state index contributed by atoms with van der Waals surface area (Å²) in [4.78, 5) is 19.0. The average Bonchev–Trinajstić information content (AvgIpc) is 2.49. The lowest BCUT2D eigenvalue weighted by atomic mass is 9.98. The molecule has 1 heterocycles. The van der Waals surface area contributed by atoms with Gasteiger partial charge in [0.15, 0.2) is 0 Å². The zero-order valence-corrected chi connectivity index (χ0v) is 11.4. The van der Waals surface area contributed by atoms with E-state index < -0.39 is 5.54 Å². The second-order valence-electron chi connectivity index (χ2n) is 4.83. The fourth-order valence-electron chi connectivity index (χ4n) is 2.00. The molecule has 0 aliphatic carbocycles. The minimum Gasteiger partial charge on any atom is -0.394 e. The van der Waals surface area contributed by atoms with E-state index in [9.17, 15) is 15.0 Å². The zero-order valence-electron chi connectivity index (χ0n) is 11.4. The van der Waals surface area contributed by atoms with Gasteiger partial charge >= 0.3 is 0 Å². The molecule has 0 atom stereocenters. The number of nitrogens with zero attached hydrogens (tertiary/aromatic N) is 1. The summed E-state index contributed by atoms with van der Waals surface area (Å²) < 4.78 is 0. The van der Waals surface area contributed by atoms with E-state index in [4.69, 9.17) is 0 Å². The van der Waals surface area contributed by atoms with Crippen LogP contribution < -0.4 is 10.9 Å². The maximum absolute atomic E-state index is 11.9. The fourth-order valence-corrected chi connectivity index (χ4v) is 2.00. The van der Waals surface area contributed by atoms with Crippen LogP contribution in [0.1, 0.15) is 19.2 Å². The summed E-state index contributed by atoms with van der Waals surface area (Å²) in [5, 5.41) is 22.3. The third kappa shape index (κ3) is 2.87. The van der Waals surface area contributed by atoms with Gasteiger partial charge in [0.25, 0.3) is 5.56 Å². The number of H-pyrrole nitrogens is 1. The number of hydrogen-bond acceptors (Lipinski definition) is 5. The van der Waals surface area contributed by atoms with Gasteiger partial charge in [0, 0.05) is 0 Å². The van der Waals surface area contributed by atoms with Gasteiger partial charge in [-0.1, -0.05) is 19.1 Å². The minimum atomic E-state index is -0.760. The molecule has 0 spiro atoms. The molecule has 0 radical (unpaired) electrons. The van der Waals surface area contributed by atoms with Crippen molar-refractivity contribution in [2.45, 2.75) is 25.4 Å². The smallest absolute Gasteiger partial charge is 0.258 e. The van der Waals surface area contributed by atoms with Gasteiger partial charge in [-0.15, -0.1) is 0 Å². The lowest BCUT2D eigenvalue weighted by Gasteiger charge is -2.29. The van der Waals surface area contributed by atoms with Crippen molar-refractivity contribution in [3.05, 3.63) is 40.4 Å². The summed E-state index contributed by atoms with van der Waals surface area (Å²) in [7, 11) is 0. The Morgan fingerprint density at radius 3 is 2.65 bits per heavy atom. The van der Waals surface area contributed by atoms with Crippen LogP contribution >= 0.6 is 0 Å². The summed E-state index contributed by atoms with van der Waals surface area (Å²) in [6.45, 7) is 1.78. The first-order valence-corrected chi connectivity index (χ1v) is 6.59. The molecule has 0 bridgehead atoms. The van der Waals surface area contributed by atoms with E-state index in [1.54, 1.807) is 18.2 Å². The molecule has 0 aliphatic heterocycles. The number of rotatable bonds is 6. The van der Waals surface area contributed by atoms with Gasteiger partial charge in [0.05, 0.1) is 36.2 Å². The molecular formula is C14H19N3O3. The number of para-hydroxylation sites is 1. The highest BCUT2D eigenvalue weighted by Gasteiger charge is 2.25. The van der Waals surface area contributed by atoms with Crippen LogP contribution in [0.15, 0.2) is 29.1 Å². The van der Waals surface area contributed by atoms with Gasteiger partial charge in [-0.2, -0.15) is 0 Å². The minimum absolute atomic E-state index is 0.183. The van der Waals surface area contributed by atoms with Gasteiger partial charge < -0.3 is 20.5 Å². The van der Waals surface area contributed by atoms with Crippen molar-refractivity contribution in [1.29, 1.82) is 0 Å². The lowest BCUT2D eigenvalue weighted by Crippen LogP contribution is -2.51. The van der Waals surface area contributed by atoms with Crippen molar-refractivity contribution in [2.24, 2.45) is 0 Å².